The number of rotatable bonds is 15. The van der Waals surface area contributed by atoms with Gasteiger partial charge >= 0.3 is 0 Å². The van der Waals surface area contributed by atoms with E-state index in [0.717, 1.165) is 18.2 Å². The van der Waals surface area contributed by atoms with Crippen LogP contribution in [-0.4, -0.2) is 20.2 Å². The van der Waals surface area contributed by atoms with Crippen LogP contribution < -0.4 is 9.64 Å². The minimum absolute atomic E-state index is 0.769. The highest BCUT2D eigenvalue weighted by Gasteiger charge is 2.09. The molecule has 1 aromatic carbocycles. The lowest BCUT2D eigenvalue weighted by molar-refractivity contribution is 0.414. The standard InChI is InChI=1S/C25H43NO/c1-6-7-8-9-10-11-20-26(24-15-17-25(27-5)18-16-24)21-19-23(4)14-12-13-22(2)3/h13,15-18,23H,6-12,14,19-21H2,1-5H3. The molecule has 2 nitrogen and oxygen atoms in total. The molecule has 1 rings (SSSR count). The smallest absolute Gasteiger partial charge is 0.119 e. The third-order valence-corrected chi connectivity index (χ3v) is 5.32. The Kier molecular flexibility index (Phi) is 12.8. The summed E-state index contributed by atoms with van der Waals surface area (Å²) in [4.78, 5) is 2.58. The first-order valence-electron chi connectivity index (χ1n) is 11.1. The van der Waals surface area contributed by atoms with Crippen LogP contribution in [0.4, 0.5) is 5.69 Å². The highest BCUT2D eigenvalue weighted by molar-refractivity contribution is 5.49. The highest BCUT2D eigenvalue weighted by Crippen LogP contribution is 2.22. The van der Waals surface area contributed by atoms with Gasteiger partial charge in [0.25, 0.3) is 0 Å². The van der Waals surface area contributed by atoms with Crippen molar-refractivity contribution in [2.75, 3.05) is 25.1 Å². The molecule has 27 heavy (non-hydrogen) atoms. The summed E-state index contributed by atoms with van der Waals surface area (Å²) >= 11 is 0. The van der Waals surface area contributed by atoms with Crippen molar-refractivity contribution in [1.82, 2.24) is 0 Å². The zero-order chi connectivity index (χ0) is 19.9. The summed E-state index contributed by atoms with van der Waals surface area (Å²) in [6.07, 6.45) is 14.2. The molecule has 0 N–H and O–H groups in total. The van der Waals surface area contributed by atoms with Gasteiger partial charge in [-0.15, -0.1) is 0 Å². The molecule has 154 valence electrons. The van der Waals surface area contributed by atoms with Crippen LogP contribution in [0.25, 0.3) is 0 Å². The van der Waals surface area contributed by atoms with E-state index in [4.69, 9.17) is 4.74 Å². The molecule has 0 spiro atoms. The molecule has 1 unspecified atom stereocenters. The van der Waals surface area contributed by atoms with Gasteiger partial charge in [0.15, 0.2) is 0 Å². The van der Waals surface area contributed by atoms with Crippen LogP contribution in [0.3, 0.4) is 0 Å². The molecule has 1 atom stereocenters. The van der Waals surface area contributed by atoms with Crippen molar-refractivity contribution >= 4 is 5.69 Å². The topological polar surface area (TPSA) is 12.5 Å². The average molecular weight is 374 g/mol. The largest absolute Gasteiger partial charge is 0.497 e. The molecule has 0 heterocycles. The predicted molar refractivity (Wildman–Crippen MR) is 121 cm³/mol. The molecule has 0 saturated carbocycles. The number of hydrogen-bond donors (Lipinski definition) is 0. The number of benzene rings is 1. The number of hydrogen-bond acceptors (Lipinski definition) is 2. The third-order valence-electron chi connectivity index (χ3n) is 5.32. The van der Waals surface area contributed by atoms with Gasteiger partial charge in [-0.2, -0.15) is 0 Å². The molecule has 0 aromatic heterocycles. The maximum atomic E-state index is 5.32. The van der Waals surface area contributed by atoms with E-state index < -0.39 is 0 Å². The van der Waals surface area contributed by atoms with Crippen LogP contribution in [0.5, 0.6) is 5.75 Å². The van der Waals surface area contributed by atoms with Crippen LogP contribution >= 0.6 is 0 Å². The number of allylic oxidation sites excluding steroid dienone is 2. The van der Waals surface area contributed by atoms with E-state index >= 15 is 0 Å². The first-order chi connectivity index (χ1) is 13.1. The molecular formula is C25H43NO. The summed E-state index contributed by atoms with van der Waals surface area (Å²) in [7, 11) is 1.73. The number of methoxy groups -OCH3 is 1. The first kappa shape index (κ1) is 23.6. The van der Waals surface area contributed by atoms with Crippen molar-refractivity contribution < 1.29 is 4.74 Å². The molecule has 0 aliphatic rings. The summed E-state index contributed by atoms with van der Waals surface area (Å²) < 4.78 is 5.32. The van der Waals surface area contributed by atoms with Crippen LogP contribution in [0.15, 0.2) is 35.9 Å². The fourth-order valence-electron chi connectivity index (χ4n) is 3.42. The second-order valence-corrected chi connectivity index (χ2v) is 8.21. The third kappa shape index (κ3) is 11.1. The maximum absolute atomic E-state index is 5.32. The van der Waals surface area contributed by atoms with Crippen molar-refractivity contribution in [3.05, 3.63) is 35.9 Å². The number of unbranched alkanes of at least 4 members (excludes halogenated alkanes) is 5. The van der Waals surface area contributed by atoms with Gasteiger partial charge in [0.05, 0.1) is 7.11 Å². The van der Waals surface area contributed by atoms with E-state index in [1.165, 1.54) is 75.6 Å². The molecule has 0 saturated heterocycles. The Morgan fingerprint density at radius 3 is 2.26 bits per heavy atom. The number of nitrogens with zero attached hydrogens (tertiary/aromatic N) is 1. The summed E-state index contributed by atoms with van der Waals surface area (Å²) in [6.45, 7) is 11.4. The Morgan fingerprint density at radius 1 is 0.963 bits per heavy atom. The molecule has 1 aromatic rings. The summed E-state index contributed by atoms with van der Waals surface area (Å²) in [5, 5.41) is 0. The van der Waals surface area contributed by atoms with Crippen molar-refractivity contribution in [2.45, 2.75) is 85.5 Å². The van der Waals surface area contributed by atoms with Gasteiger partial charge in [0.2, 0.25) is 0 Å². The van der Waals surface area contributed by atoms with Crippen LogP contribution in [0, 0.1) is 5.92 Å². The normalized spacial score (nSPS) is 11.9. The zero-order valence-electron chi connectivity index (χ0n) is 18.6. The predicted octanol–water partition coefficient (Wildman–Crippen LogP) is 7.63. The molecular weight excluding hydrogens is 330 g/mol. The molecule has 0 amide bonds. The van der Waals surface area contributed by atoms with Crippen LogP contribution in [-0.2, 0) is 0 Å². The Bertz CT molecular complexity index is 502. The second kappa shape index (κ2) is 14.6. The van der Waals surface area contributed by atoms with E-state index in [-0.39, 0.29) is 0 Å². The fraction of sp³-hybridized carbons (Fsp3) is 0.680. The molecule has 0 bridgehead atoms. The van der Waals surface area contributed by atoms with Gasteiger partial charge in [-0.25, -0.2) is 0 Å². The highest BCUT2D eigenvalue weighted by atomic mass is 16.5. The van der Waals surface area contributed by atoms with E-state index in [1.54, 1.807) is 7.11 Å². The van der Waals surface area contributed by atoms with E-state index in [2.05, 4.69) is 62.9 Å². The summed E-state index contributed by atoms with van der Waals surface area (Å²) in [5.74, 6) is 1.71. The first-order valence-corrected chi connectivity index (χ1v) is 11.1. The lowest BCUT2D eigenvalue weighted by Crippen LogP contribution is -2.27. The summed E-state index contributed by atoms with van der Waals surface area (Å²) in [5.41, 5.74) is 2.77. The Morgan fingerprint density at radius 2 is 1.63 bits per heavy atom. The van der Waals surface area contributed by atoms with Gasteiger partial charge in [0.1, 0.15) is 5.75 Å². The van der Waals surface area contributed by atoms with Gasteiger partial charge in [0, 0.05) is 18.8 Å². The average Bonchev–Trinajstić information content (AvgIpc) is 2.66. The molecule has 0 fully saturated rings. The Balaban J connectivity index is 2.52. The van der Waals surface area contributed by atoms with E-state index in [1.807, 2.05) is 0 Å². The van der Waals surface area contributed by atoms with Crippen LogP contribution in [0.2, 0.25) is 0 Å². The molecule has 0 aliphatic carbocycles. The van der Waals surface area contributed by atoms with E-state index in [0.29, 0.717) is 0 Å². The maximum Gasteiger partial charge on any atom is 0.119 e. The SMILES string of the molecule is CCCCCCCCN(CCC(C)CCC=C(C)C)c1ccc(OC)cc1. The monoisotopic (exact) mass is 373 g/mol. The van der Waals surface area contributed by atoms with Crippen molar-refractivity contribution in [3.8, 4) is 5.75 Å². The lowest BCUT2D eigenvalue weighted by Gasteiger charge is -2.26. The minimum Gasteiger partial charge on any atom is -0.497 e. The van der Waals surface area contributed by atoms with E-state index in [9.17, 15) is 0 Å². The van der Waals surface area contributed by atoms with Crippen molar-refractivity contribution in [2.24, 2.45) is 5.92 Å². The van der Waals surface area contributed by atoms with Crippen molar-refractivity contribution in [1.29, 1.82) is 0 Å². The molecule has 0 radical (unpaired) electrons. The minimum atomic E-state index is 0.769. The molecule has 0 aliphatic heterocycles. The van der Waals surface area contributed by atoms with Gasteiger partial charge in [-0.05, 0) is 69.7 Å². The summed E-state index contributed by atoms with van der Waals surface area (Å²) in [6, 6.07) is 8.59. The fourth-order valence-corrected chi connectivity index (χ4v) is 3.42. The Labute approximate surface area is 169 Å². The van der Waals surface area contributed by atoms with Gasteiger partial charge in [-0.3, -0.25) is 0 Å². The Hall–Kier alpha value is -1.44. The van der Waals surface area contributed by atoms with Crippen LogP contribution in [0.1, 0.15) is 85.5 Å². The quantitative estimate of drug-likeness (QED) is 0.231. The zero-order valence-corrected chi connectivity index (χ0v) is 18.6. The van der Waals surface area contributed by atoms with Gasteiger partial charge < -0.3 is 9.64 Å². The van der Waals surface area contributed by atoms with Gasteiger partial charge in [-0.1, -0.05) is 57.6 Å². The molecule has 2 heteroatoms. The number of anilines is 1. The second-order valence-electron chi connectivity index (χ2n) is 8.21. The van der Waals surface area contributed by atoms with Crippen molar-refractivity contribution in [3.63, 3.8) is 0 Å². The number of ether oxygens (including phenoxy) is 1. The lowest BCUT2D eigenvalue weighted by atomic mass is 10.0.